The first-order valence-electron chi connectivity index (χ1n) is 10.7. The molecule has 0 spiro atoms. The molecule has 2 atom stereocenters. The van der Waals surface area contributed by atoms with E-state index in [0.717, 1.165) is 16.3 Å². The number of hydrogen-bond donors (Lipinski definition) is 2. The molecular formula is C27H22N2O5. The summed E-state index contributed by atoms with van der Waals surface area (Å²) < 4.78 is 0. The summed E-state index contributed by atoms with van der Waals surface area (Å²) in [5, 5.41) is 25.5. The molecule has 170 valence electrons. The van der Waals surface area contributed by atoms with Crippen LogP contribution in [0.15, 0.2) is 97.1 Å². The number of fused-ring (bicyclic) bond motifs is 1. The molecule has 0 radical (unpaired) electrons. The molecule has 0 heterocycles. The molecule has 2 unspecified atom stereocenters. The number of benzene rings is 4. The first-order valence-corrected chi connectivity index (χ1v) is 10.7. The van der Waals surface area contributed by atoms with Gasteiger partial charge in [0.2, 0.25) is 0 Å². The Labute approximate surface area is 195 Å². The van der Waals surface area contributed by atoms with Gasteiger partial charge in [-0.25, -0.2) is 4.79 Å². The fourth-order valence-corrected chi connectivity index (χ4v) is 4.12. The SMILES string of the molecule is O=C(NC(C(=O)O)C(Cc1ccccc1)c1ccc([N+](=O)[O-])cc1)c1cccc2ccccc12. The van der Waals surface area contributed by atoms with E-state index in [9.17, 15) is 24.8 Å². The van der Waals surface area contributed by atoms with Gasteiger partial charge in [0.25, 0.3) is 11.6 Å². The zero-order valence-electron chi connectivity index (χ0n) is 18.1. The highest BCUT2D eigenvalue weighted by atomic mass is 16.6. The second-order valence-corrected chi connectivity index (χ2v) is 7.96. The Bertz CT molecular complexity index is 1330. The Morgan fingerprint density at radius 2 is 1.50 bits per heavy atom. The molecule has 0 aliphatic heterocycles. The number of carbonyl (C=O) groups excluding carboxylic acids is 1. The molecule has 4 aromatic carbocycles. The van der Waals surface area contributed by atoms with Gasteiger partial charge in [-0.1, -0.05) is 78.9 Å². The molecular weight excluding hydrogens is 432 g/mol. The quantitative estimate of drug-likeness (QED) is 0.289. The third-order valence-corrected chi connectivity index (χ3v) is 5.82. The third-order valence-electron chi connectivity index (χ3n) is 5.82. The van der Waals surface area contributed by atoms with Crippen molar-refractivity contribution in [2.24, 2.45) is 0 Å². The van der Waals surface area contributed by atoms with Crippen LogP contribution >= 0.6 is 0 Å². The second-order valence-electron chi connectivity index (χ2n) is 7.96. The molecule has 0 bridgehead atoms. The Morgan fingerprint density at radius 1 is 0.853 bits per heavy atom. The molecule has 4 rings (SSSR count). The maximum absolute atomic E-state index is 13.2. The largest absolute Gasteiger partial charge is 0.480 e. The van der Waals surface area contributed by atoms with Gasteiger partial charge < -0.3 is 10.4 Å². The highest BCUT2D eigenvalue weighted by molar-refractivity contribution is 6.08. The number of carboxylic acid groups (broad SMARTS) is 1. The van der Waals surface area contributed by atoms with Crippen LogP contribution in [0.4, 0.5) is 5.69 Å². The van der Waals surface area contributed by atoms with Crippen LogP contribution in [0.25, 0.3) is 10.8 Å². The summed E-state index contributed by atoms with van der Waals surface area (Å²) in [5.41, 5.74) is 1.76. The lowest BCUT2D eigenvalue weighted by Crippen LogP contribution is -2.45. The normalized spacial score (nSPS) is 12.6. The number of nitrogens with zero attached hydrogens (tertiary/aromatic N) is 1. The fraction of sp³-hybridized carbons (Fsp3) is 0.111. The Balaban J connectivity index is 1.71. The van der Waals surface area contributed by atoms with Crippen LogP contribution < -0.4 is 5.32 Å². The van der Waals surface area contributed by atoms with E-state index in [-0.39, 0.29) is 5.69 Å². The molecule has 0 fully saturated rings. The van der Waals surface area contributed by atoms with E-state index < -0.39 is 28.8 Å². The average molecular weight is 454 g/mol. The highest BCUT2D eigenvalue weighted by Gasteiger charge is 2.32. The van der Waals surface area contributed by atoms with Gasteiger partial charge in [0.05, 0.1) is 4.92 Å². The minimum atomic E-state index is -1.26. The molecule has 1 amide bonds. The van der Waals surface area contributed by atoms with Crippen LogP contribution in [0.3, 0.4) is 0 Å². The maximum atomic E-state index is 13.2. The summed E-state index contributed by atoms with van der Waals surface area (Å²) in [4.78, 5) is 36.2. The number of carboxylic acids is 1. The van der Waals surface area contributed by atoms with Crippen molar-refractivity contribution in [2.75, 3.05) is 0 Å². The molecule has 34 heavy (non-hydrogen) atoms. The molecule has 0 saturated carbocycles. The number of nitrogens with one attached hydrogen (secondary N) is 1. The molecule has 4 aromatic rings. The number of nitro benzene ring substituents is 1. The fourth-order valence-electron chi connectivity index (χ4n) is 4.12. The molecule has 2 N–H and O–H groups in total. The summed E-state index contributed by atoms with van der Waals surface area (Å²) in [6.07, 6.45) is 0.325. The zero-order chi connectivity index (χ0) is 24.1. The Kier molecular flexibility index (Phi) is 6.64. The number of aliphatic carboxylic acids is 1. The van der Waals surface area contributed by atoms with Crippen molar-refractivity contribution in [3.05, 3.63) is 124 Å². The highest BCUT2D eigenvalue weighted by Crippen LogP contribution is 2.28. The van der Waals surface area contributed by atoms with Crippen LogP contribution in [-0.2, 0) is 11.2 Å². The molecule has 0 aliphatic carbocycles. The monoisotopic (exact) mass is 454 g/mol. The number of nitro groups is 1. The second kappa shape index (κ2) is 9.95. The number of hydrogen-bond acceptors (Lipinski definition) is 4. The van der Waals surface area contributed by atoms with Crippen LogP contribution in [0.1, 0.15) is 27.4 Å². The topological polar surface area (TPSA) is 110 Å². The maximum Gasteiger partial charge on any atom is 0.326 e. The number of non-ortho nitro benzene ring substituents is 1. The molecule has 0 aromatic heterocycles. The smallest absolute Gasteiger partial charge is 0.326 e. The van der Waals surface area contributed by atoms with Gasteiger partial charge in [0.15, 0.2) is 0 Å². The van der Waals surface area contributed by atoms with Crippen LogP contribution in [0, 0.1) is 10.1 Å². The van der Waals surface area contributed by atoms with Crippen molar-refractivity contribution in [3.63, 3.8) is 0 Å². The first kappa shape index (κ1) is 22.7. The molecule has 7 nitrogen and oxygen atoms in total. The van der Waals surface area contributed by atoms with Crippen molar-refractivity contribution >= 4 is 28.3 Å². The van der Waals surface area contributed by atoms with E-state index in [1.54, 1.807) is 24.3 Å². The minimum absolute atomic E-state index is 0.0890. The summed E-state index contributed by atoms with van der Waals surface area (Å²) in [5.74, 6) is -2.34. The van der Waals surface area contributed by atoms with Crippen molar-refractivity contribution in [1.29, 1.82) is 0 Å². The Hall–Kier alpha value is -4.52. The summed E-state index contributed by atoms with van der Waals surface area (Å²) in [6.45, 7) is 0. The minimum Gasteiger partial charge on any atom is -0.480 e. The summed E-state index contributed by atoms with van der Waals surface area (Å²) >= 11 is 0. The van der Waals surface area contributed by atoms with E-state index in [1.165, 1.54) is 12.1 Å². The van der Waals surface area contributed by atoms with E-state index in [1.807, 2.05) is 60.7 Å². The summed E-state index contributed by atoms with van der Waals surface area (Å²) in [6, 6.07) is 26.6. The lowest BCUT2D eigenvalue weighted by atomic mass is 9.85. The van der Waals surface area contributed by atoms with Gasteiger partial charge in [-0.05, 0) is 34.4 Å². The predicted octanol–water partition coefficient (Wildman–Crippen LogP) is 4.96. The van der Waals surface area contributed by atoms with Crippen molar-refractivity contribution in [3.8, 4) is 0 Å². The van der Waals surface area contributed by atoms with Gasteiger partial charge in [0.1, 0.15) is 6.04 Å². The van der Waals surface area contributed by atoms with E-state index >= 15 is 0 Å². The molecule has 0 saturated heterocycles. The van der Waals surface area contributed by atoms with Gasteiger partial charge in [-0.15, -0.1) is 0 Å². The lowest BCUT2D eigenvalue weighted by molar-refractivity contribution is -0.384. The Morgan fingerprint density at radius 3 is 2.18 bits per heavy atom. The van der Waals surface area contributed by atoms with Gasteiger partial charge >= 0.3 is 5.97 Å². The van der Waals surface area contributed by atoms with Crippen molar-refractivity contribution < 1.29 is 19.6 Å². The first-order chi connectivity index (χ1) is 16.4. The number of amides is 1. The predicted molar refractivity (Wildman–Crippen MR) is 129 cm³/mol. The van der Waals surface area contributed by atoms with E-state index in [2.05, 4.69) is 5.32 Å². The van der Waals surface area contributed by atoms with E-state index in [4.69, 9.17) is 0 Å². The van der Waals surface area contributed by atoms with Gasteiger partial charge in [-0.2, -0.15) is 0 Å². The zero-order valence-corrected chi connectivity index (χ0v) is 18.1. The third kappa shape index (κ3) is 4.94. The lowest BCUT2D eigenvalue weighted by Gasteiger charge is -2.26. The molecule has 7 heteroatoms. The number of rotatable bonds is 8. The number of carbonyl (C=O) groups is 2. The van der Waals surface area contributed by atoms with Gasteiger partial charge in [0, 0.05) is 23.6 Å². The van der Waals surface area contributed by atoms with Gasteiger partial charge in [-0.3, -0.25) is 14.9 Å². The van der Waals surface area contributed by atoms with E-state index in [0.29, 0.717) is 17.5 Å². The van der Waals surface area contributed by atoms with Crippen LogP contribution in [0.2, 0.25) is 0 Å². The summed E-state index contributed by atoms with van der Waals surface area (Å²) in [7, 11) is 0. The van der Waals surface area contributed by atoms with Crippen molar-refractivity contribution in [1.82, 2.24) is 5.32 Å². The average Bonchev–Trinajstić information content (AvgIpc) is 2.86. The van der Waals surface area contributed by atoms with Crippen LogP contribution in [-0.4, -0.2) is 27.9 Å². The van der Waals surface area contributed by atoms with Crippen LogP contribution in [0.5, 0.6) is 0 Å². The molecule has 0 aliphatic rings. The standard InChI is InChI=1S/C27H22N2O5/c30-26(23-12-6-10-19-9-4-5-11-22(19)23)28-25(27(31)32)24(17-18-7-2-1-3-8-18)20-13-15-21(16-14-20)29(33)34/h1-16,24-25H,17H2,(H,28,30)(H,31,32). The van der Waals surface area contributed by atoms with Crippen molar-refractivity contribution in [2.45, 2.75) is 18.4 Å².